The van der Waals surface area contributed by atoms with Crippen molar-refractivity contribution in [1.82, 2.24) is 5.43 Å². The second-order valence-corrected chi connectivity index (χ2v) is 6.14. The number of rotatable bonds is 5. The van der Waals surface area contributed by atoms with E-state index in [-0.39, 0.29) is 6.04 Å². The summed E-state index contributed by atoms with van der Waals surface area (Å²) in [6, 6.07) is 12.5. The molecule has 21 heavy (non-hydrogen) atoms. The van der Waals surface area contributed by atoms with Crippen LogP contribution >= 0.6 is 15.9 Å². The number of nitrogens with two attached hydrogens (primary N) is 1. The number of hydrogen-bond donors (Lipinski definition) is 2. The standard InChI is InChI=1S/C17H21BrN2O/c1-11-4-5-13(8-12(11)2)16(20-19)10-14-9-15(18)6-7-17(14)21-3/h4-9,16,20H,10,19H2,1-3H3. The third kappa shape index (κ3) is 3.84. The van der Waals surface area contributed by atoms with Crippen LogP contribution in [-0.4, -0.2) is 7.11 Å². The summed E-state index contributed by atoms with van der Waals surface area (Å²) in [4.78, 5) is 0. The number of nitrogens with one attached hydrogen (secondary N) is 1. The van der Waals surface area contributed by atoms with Gasteiger partial charge in [-0.05, 0) is 60.7 Å². The highest BCUT2D eigenvalue weighted by molar-refractivity contribution is 9.10. The molecule has 2 aromatic rings. The van der Waals surface area contributed by atoms with Crippen molar-refractivity contribution in [3.8, 4) is 5.75 Å². The molecule has 0 fully saturated rings. The molecule has 2 rings (SSSR count). The van der Waals surface area contributed by atoms with Gasteiger partial charge in [0.05, 0.1) is 13.2 Å². The highest BCUT2D eigenvalue weighted by Gasteiger charge is 2.14. The SMILES string of the molecule is COc1ccc(Br)cc1CC(NN)c1ccc(C)c(C)c1. The lowest BCUT2D eigenvalue weighted by Gasteiger charge is -2.19. The molecule has 0 saturated carbocycles. The van der Waals surface area contributed by atoms with Crippen LogP contribution in [0.2, 0.25) is 0 Å². The Kier molecular flexibility index (Phi) is 5.39. The molecule has 3 nitrogen and oxygen atoms in total. The van der Waals surface area contributed by atoms with Crippen LogP contribution in [0, 0.1) is 13.8 Å². The first-order valence-electron chi connectivity index (χ1n) is 6.91. The van der Waals surface area contributed by atoms with E-state index in [9.17, 15) is 0 Å². The van der Waals surface area contributed by atoms with Crippen LogP contribution in [0.1, 0.15) is 28.3 Å². The Balaban J connectivity index is 2.30. The molecule has 0 aliphatic carbocycles. The summed E-state index contributed by atoms with van der Waals surface area (Å²) in [5.74, 6) is 6.64. The molecule has 0 heterocycles. The molecule has 0 aromatic heterocycles. The number of halogens is 1. The van der Waals surface area contributed by atoms with E-state index in [1.165, 1.54) is 16.7 Å². The average Bonchev–Trinajstić information content (AvgIpc) is 2.48. The number of hydrazine groups is 1. The molecule has 2 aromatic carbocycles. The van der Waals surface area contributed by atoms with E-state index in [1.807, 2.05) is 12.1 Å². The maximum atomic E-state index is 5.77. The second kappa shape index (κ2) is 7.07. The quantitative estimate of drug-likeness (QED) is 0.637. The van der Waals surface area contributed by atoms with Gasteiger partial charge >= 0.3 is 0 Å². The van der Waals surface area contributed by atoms with Gasteiger partial charge in [0, 0.05) is 4.47 Å². The van der Waals surface area contributed by atoms with E-state index in [1.54, 1.807) is 7.11 Å². The fraction of sp³-hybridized carbons (Fsp3) is 0.294. The third-order valence-corrected chi connectivity index (χ3v) is 4.29. The van der Waals surface area contributed by atoms with Crippen molar-refractivity contribution in [2.45, 2.75) is 26.3 Å². The Hall–Kier alpha value is -1.36. The molecule has 0 aliphatic heterocycles. The van der Waals surface area contributed by atoms with Crippen LogP contribution < -0.4 is 16.0 Å². The van der Waals surface area contributed by atoms with Crippen molar-refractivity contribution in [3.63, 3.8) is 0 Å². The molecule has 0 bridgehead atoms. The largest absolute Gasteiger partial charge is 0.496 e. The van der Waals surface area contributed by atoms with Crippen molar-refractivity contribution in [3.05, 3.63) is 63.1 Å². The van der Waals surface area contributed by atoms with E-state index in [0.717, 1.165) is 22.2 Å². The van der Waals surface area contributed by atoms with E-state index < -0.39 is 0 Å². The van der Waals surface area contributed by atoms with E-state index in [4.69, 9.17) is 10.6 Å². The minimum Gasteiger partial charge on any atom is -0.496 e. The summed E-state index contributed by atoms with van der Waals surface area (Å²) in [5, 5.41) is 0. The van der Waals surface area contributed by atoms with Gasteiger partial charge in [0.25, 0.3) is 0 Å². The van der Waals surface area contributed by atoms with Crippen molar-refractivity contribution in [1.29, 1.82) is 0 Å². The van der Waals surface area contributed by atoms with E-state index >= 15 is 0 Å². The highest BCUT2D eigenvalue weighted by Crippen LogP contribution is 2.28. The van der Waals surface area contributed by atoms with Gasteiger partial charge in [0.2, 0.25) is 0 Å². The smallest absolute Gasteiger partial charge is 0.122 e. The van der Waals surface area contributed by atoms with Crippen molar-refractivity contribution < 1.29 is 4.74 Å². The van der Waals surface area contributed by atoms with E-state index in [0.29, 0.717) is 0 Å². The average molecular weight is 349 g/mol. The van der Waals surface area contributed by atoms with E-state index in [2.05, 4.69) is 59.5 Å². The number of hydrogen-bond acceptors (Lipinski definition) is 3. The summed E-state index contributed by atoms with van der Waals surface area (Å²) in [7, 11) is 1.69. The highest BCUT2D eigenvalue weighted by atomic mass is 79.9. The number of aryl methyl sites for hydroxylation is 2. The molecule has 1 unspecified atom stereocenters. The monoisotopic (exact) mass is 348 g/mol. The van der Waals surface area contributed by atoms with Gasteiger partial charge in [-0.1, -0.05) is 34.1 Å². The summed E-state index contributed by atoms with van der Waals surface area (Å²) in [5.41, 5.74) is 7.77. The van der Waals surface area contributed by atoms with Crippen LogP contribution in [-0.2, 0) is 6.42 Å². The molecular weight excluding hydrogens is 328 g/mol. The number of benzene rings is 2. The minimum absolute atomic E-state index is 0.0486. The van der Waals surface area contributed by atoms with Crippen LogP contribution in [0.15, 0.2) is 40.9 Å². The predicted molar refractivity (Wildman–Crippen MR) is 90.4 cm³/mol. The Morgan fingerprint density at radius 3 is 2.52 bits per heavy atom. The molecule has 0 radical (unpaired) electrons. The first kappa shape index (κ1) is 16.0. The lowest BCUT2D eigenvalue weighted by molar-refractivity contribution is 0.405. The Labute approximate surface area is 134 Å². The molecule has 3 N–H and O–H groups in total. The molecule has 1 atom stereocenters. The van der Waals surface area contributed by atoms with Gasteiger partial charge in [0.1, 0.15) is 5.75 Å². The van der Waals surface area contributed by atoms with Gasteiger partial charge in [-0.3, -0.25) is 11.3 Å². The summed E-state index contributed by atoms with van der Waals surface area (Å²) >= 11 is 3.51. The minimum atomic E-state index is 0.0486. The molecular formula is C17H21BrN2O. The maximum absolute atomic E-state index is 5.77. The molecule has 0 amide bonds. The van der Waals surface area contributed by atoms with Crippen molar-refractivity contribution >= 4 is 15.9 Å². The van der Waals surface area contributed by atoms with Gasteiger partial charge in [-0.2, -0.15) is 0 Å². The molecule has 4 heteroatoms. The lowest BCUT2D eigenvalue weighted by atomic mass is 9.96. The van der Waals surface area contributed by atoms with Crippen molar-refractivity contribution in [2.75, 3.05) is 7.11 Å². The number of methoxy groups -OCH3 is 1. The topological polar surface area (TPSA) is 47.3 Å². The molecule has 0 saturated heterocycles. The Morgan fingerprint density at radius 2 is 1.90 bits per heavy atom. The zero-order chi connectivity index (χ0) is 15.4. The van der Waals surface area contributed by atoms with Crippen LogP contribution in [0.4, 0.5) is 0 Å². The molecule has 112 valence electrons. The first-order chi connectivity index (χ1) is 10.0. The lowest BCUT2D eigenvalue weighted by Crippen LogP contribution is -2.29. The second-order valence-electron chi connectivity index (χ2n) is 5.22. The van der Waals surface area contributed by atoms with Gasteiger partial charge in [0.15, 0.2) is 0 Å². The van der Waals surface area contributed by atoms with Crippen molar-refractivity contribution in [2.24, 2.45) is 5.84 Å². The molecule has 0 spiro atoms. The fourth-order valence-corrected chi connectivity index (χ4v) is 2.79. The molecule has 0 aliphatic rings. The van der Waals surface area contributed by atoms with Gasteiger partial charge in [-0.15, -0.1) is 0 Å². The maximum Gasteiger partial charge on any atom is 0.122 e. The zero-order valence-corrected chi connectivity index (χ0v) is 14.2. The Morgan fingerprint density at radius 1 is 1.14 bits per heavy atom. The number of ether oxygens (including phenoxy) is 1. The zero-order valence-electron chi connectivity index (χ0n) is 12.6. The Bertz CT molecular complexity index is 628. The first-order valence-corrected chi connectivity index (χ1v) is 7.70. The summed E-state index contributed by atoms with van der Waals surface area (Å²) in [6.07, 6.45) is 0.765. The summed E-state index contributed by atoms with van der Waals surface area (Å²) < 4.78 is 6.47. The van der Waals surface area contributed by atoms with Crippen LogP contribution in [0.3, 0.4) is 0 Å². The van der Waals surface area contributed by atoms with Crippen LogP contribution in [0.5, 0.6) is 5.75 Å². The predicted octanol–water partition coefficient (Wildman–Crippen LogP) is 3.82. The fourth-order valence-electron chi connectivity index (χ4n) is 2.38. The van der Waals surface area contributed by atoms with Crippen LogP contribution in [0.25, 0.3) is 0 Å². The summed E-state index contributed by atoms with van der Waals surface area (Å²) in [6.45, 7) is 4.23. The van der Waals surface area contributed by atoms with Gasteiger partial charge in [-0.25, -0.2) is 0 Å². The third-order valence-electron chi connectivity index (χ3n) is 3.80. The normalized spacial score (nSPS) is 12.2. The van der Waals surface area contributed by atoms with Gasteiger partial charge < -0.3 is 4.74 Å².